The van der Waals surface area contributed by atoms with Gasteiger partial charge in [0.15, 0.2) is 6.10 Å². The highest BCUT2D eigenvalue weighted by Crippen LogP contribution is 2.19. The summed E-state index contributed by atoms with van der Waals surface area (Å²) in [5, 5.41) is 19.1. The van der Waals surface area contributed by atoms with Gasteiger partial charge in [0.2, 0.25) is 10.0 Å². The average molecular weight is 328 g/mol. The van der Waals surface area contributed by atoms with E-state index < -0.39 is 39.5 Å². The van der Waals surface area contributed by atoms with Gasteiger partial charge in [-0.05, 0) is 5.56 Å². The van der Waals surface area contributed by atoms with E-state index in [0.29, 0.717) is 0 Å². The number of aliphatic hydroxyl groups is 1. The Hall–Kier alpha value is -1.72. The number of halogens is 3. The number of nitrogens with zero attached hydrogens (tertiary/aromatic N) is 1. The van der Waals surface area contributed by atoms with Crippen LogP contribution in [0.3, 0.4) is 0 Å². The van der Waals surface area contributed by atoms with Crippen molar-refractivity contribution < 1.29 is 31.6 Å². The Kier molecular flexibility index (Phi) is 5.25. The zero-order chi connectivity index (χ0) is 16.3. The molecular weight excluding hydrogens is 317 g/mol. The summed E-state index contributed by atoms with van der Waals surface area (Å²) in [5.74, 6) is -0.657. The molecule has 0 aliphatic carbocycles. The van der Waals surface area contributed by atoms with Gasteiger partial charge in [-0.1, -0.05) is 12.1 Å². The molecule has 1 atom stereocenters. The Balaban J connectivity index is 2.66. The minimum atomic E-state index is -4.92. The van der Waals surface area contributed by atoms with E-state index in [1.807, 2.05) is 0 Å². The maximum atomic E-state index is 12.0. The van der Waals surface area contributed by atoms with Gasteiger partial charge in [0.05, 0.1) is 10.7 Å². The highest BCUT2D eigenvalue weighted by Gasteiger charge is 2.38. The lowest BCUT2D eigenvalue weighted by Crippen LogP contribution is -2.41. The molecule has 1 aromatic rings. The Morgan fingerprint density at radius 2 is 1.81 bits per heavy atom. The second-order valence-corrected chi connectivity index (χ2v) is 5.90. The van der Waals surface area contributed by atoms with Crippen LogP contribution in [0.25, 0.3) is 0 Å². The molecule has 0 saturated carbocycles. The number of aliphatic hydroxyl groups excluding tert-OH is 1. The molecule has 0 spiro atoms. The SMILES string of the molecule is O=[N+]([O-])c1ccc(CS(=O)(=O)NCC(O)C(F)(F)F)cc1. The van der Waals surface area contributed by atoms with Gasteiger partial charge in [0.1, 0.15) is 0 Å². The number of nitrogens with one attached hydrogen (secondary N) is 1. The minimum absolute atomic E-state index is 0.162. The third kappa shape index (κ3) is 5.65. The first-order valence-corrected chi connectivity index (χ1v) is 7.12. The van der Waals surface area contributed by atoms with Gasteiger partial charge in [-0.3, -0.25) is 10.1 Å². The highest BCUT2D eigenvalue weighted by molar-refractivity contribution is 7.88. The number of nitro groups is 1. The van der Waals surface area contributed by atoms with Crippen molar-refractivity contribution in [3.63, 3.8) is 0 Å². The monoisotopic (exact) mass is 328 g/mol. The molecule has 7 nitrogen and oxygen atoms in total. The maximum Gasteiger partial charge on any atom is 0.415 e. The maximum absolute atomic E-state index is 12.0. The Labute approximate surface area is 117 Å². The molecule has 0 aliphatic rings. The fourth-order valence-electron chi connectivity index (χ4n) is 1.31. The van der Waals surface area contributed by atoms with Crippen molar-refractivity contribution in [2.75, 3.05) is 6.54 Å². The molecular formula is C10H11F3N2O5S. The van der Waals surface area contributed by atoms with Crippen LogP contribution in [-0.2, 0) is 15.8 Å². The number of benzene rings is 1. The summed E-state index contributed by atoms with van der Waals surface area (Å²) in [6, 6.07) is 4.51. The standard InChI is InChI=1S/C10H11F3N2O5S/c11-10(12,13)9(16)5-14-21(19,20)6-7-1-3-8(4-2-7)15(17)18/h1-4,9,14,16H,5-6H2. The molecule has 0 heterocycles. The van der Waals surface area contributed by atoms with E-state index in [9.17, 15) is 31.7 Å². The van der Waals surface area contributed by atoms with Crippen LogP contribution in [0.15, 0.2) is 24.3 Å². The van der Waals surface area contributed by atoms with E-state index in [1.54, 1.807) is 4.72 Å². The highest BCUT2D eigenvalue weighted by atomic mass is 32.2. The van der Waals surface area contributed by atoms with Crippen LogP contribution in [0.4, 0.5) is 18.9 Å². The first-order valence-electron chi connectivity index (χ1n) is 5.47. The molecule has 1 aromatic carbocycles. The molecule has 0 radical (unpaired) electrons. The molecule has 2 N–H and O–H groups in total. The summed E-state index contributed by atoms with van der Waals surface area (Å²) in [7, 11) is -4.10. The fourth-order valence-corrected chi connectivity index (χ4v) is 2.45. The number of hydrogen-bond acceptors (Lipinski definition) is 5. The summed E-state index contributed by atoms with van der Waals surface area (Å²) >= 11 is 0. The van der Waals surface area contributed by atoms with E-state index in [4.69, 9.17) is 5.11 Å². The second-order valence-electron chi connectivity index (χ2n) is 4.09. The molecule has 0 fully saturated rings. The molecule has 118 valence electrons. The summed E-state index contributed by atoms with van der Waals surface area (Å²) in [6.07, 6.45) is -7.72. The first kappa shape index (κ1) is 17.3. The number of rotatable bonds is 6. The third-order valence-corrected chi connectivity index (χ3v) is 3.70. The fraction of sp³-hybridized carbons (Fsp3) is 0.400. The lowest BCUT2D eigenvalue weighted by molar-refractivity contribution is -0.384. The van der Waals surface area contributed by atoms with Crippen LogP contribution in [0, 0.1) is 10.1 Å². The number of nitro benzene ring substituents is 1. The normalized spacial score (nSPS) is 13.9. The summed E-state index contributed by atoms with van der Waals surface area (Å²) in [6.45, 7) is -1.20. The zero-order valence-electron chi connectivity index (χ0n) is 10.4. The van der Waals surface area contributed by atoms with E-state index in [-0.39, 0.29) is 11.3 Å². The Bertz CT molecular complexity index is 600. The molecule has 1 unspecified atom stereocenters. The van der Waals surface area contributed by atoms with E-state index in [2.05, 4.69) is 0 Å². The van der Waals surface area contributed by atoms with Crippen molar-refractivity contribution >= 4 is 15.7 Å². The van der Waals surface area contributed by atoms with Gasteiger partial charge in [-0.2, -0.15) is 13.2 Å². The van der Waals surface area contributed by atoms with Crippen LogP contribution < -0.4 is 4.72 Å². The number of hydrogen-bond donors (Lipinski definition) is 2. The molecule has 0 saturated heterocycles. The van der Waals surface area contributed by atoms with Crippen LogP contribution in [-0.4, -0.2) is 37.3 Å². The predicted octanol–water partition coefficient (Wildman–Crippen LogP) is 0.937. The topological polar surface area (TPSA) is 110 Å². The zero-order valence-corrected chi connectivity index (χ0v) is 11.2. The van der Waals surface area contributed by atoms with Gasteiger partial charge >= 0.3 is 6.18 Å². The van der Waals surface area contributed by atoms with Crippen LogP contribution >= 0.6 is 0 Å². The van der Waals surface area contributed by atoms with Crippen molar-refractivity contribution in [1.82, 2.24) is 4.72 Å². The van der Waals surface area contributed by atoms with E-state index >= 15 is 0 Å². The van der Waals surface area contributed by atoms with Gasteiger partial charge < -0.3 is 5.11 Å². The average Bonchev–Trinajstić information content (AvgIpc) is 2.35. The number of non-ortho nitro benzene ring substituents is 1. The molecule has 0 aromatic heterocycles. The van der Waals surface area contributed by atoms with Crippen molar-refractivity contribution in [1.29, 1.82) is 0 Å². The van der Waals surface area contributed by atoms with Crippen LogP contribution in [0.5, 0.6) is 0 Å². The Morgan fingerprint density at radius 3 is 2.24 bits per heavy atom. The van der Waals surface area contributed by atoms with Gasteiger partial charge in [0.25, 0.3) is 5.69 Å². The summed E-state index contributed by atoms with van der Waals surface area (Å²) in [4.78, 5) is 9.74. The van der Waals surface area contributed by atoms with E-state index in [0.717, 1.165) is 12.1 Å². The molecule has 0 aliphatic heterocycles. The molecule has 21 heavy (non-hydrogen) atoms. The predicted molar refractivity (Wildman–Crippen MR) is 65.8 cm³/mol. The lowest BCUT2D eigenvalue weighted by Gasteiger charge is -2.15. The number of alkyl halides is 3. The quantitative estimate of drug-likeness (QED) is 0.596. The largest absolute Gasteiger partial charge is 0.415 e. The van der Waals surface area contributed by atoms with Crippen LogP contribution in [0.2, 0.25) is 0 Å². The molecule has 11 heteroatoms. The second kappa shape index (κ2) is 6.37. The molecule has 0 bridgehead atoms. The van der Waals surface area contributed by atoms with Gasteiger partial charge in [-0.25, -0.2) is 13.1 Å². The van der Waals surface area contributed by atoms with Gasteiger partial charge in [0, 0.05) is 18.7 Å². The van der Waals surface area contributed by atoms with Crippen molar-refractivity contribution in [3.05, 3.63) is 39.9 Å². The molecule has 0 amide bonds. The Morgan fingerprint density at radius 1 is 1.29 bits per heavy atom. The van der Waals surface area contributed by atoms with Crippen molar-refractivity contribution in [2.24, 2.45) is 0 Å². The smallest absolute Gasteiger partial charge is 0.382 e. The van der Waals surface area contributed by atoms with Gasteiger partial charge in [-0.15, -0.1) is 0 Å². The van der Waals surface area contributed by atoms with Crippen molar-refractivity contribution in [3.8, 4) is 0 Å². The lowest BCUT2D eigenvalue weighted by atomic mass is 10.2. The number of sulfonamides is 1. The van der Waals surface area contributed by atoms with E-state index in [1.165, 1.54) is 12.1 Å². The molecule has 1 rings (SSSR count). The van der Waals surface area contributed by atoms with Crippen LogP contribution in [0.1, 0.15) is 5.56 Å². The first-order chi connectivity index (χ1) is 9.51. The van der Waals surface area contributed by atoms with Crippen molar-refractivity contribution in [2.45, 2.75) is 18.0 Å². The summed E-state index contributed by atoms with van der Waals surface area (Å²) < 4.78 is 60.7. The third-order valence-electron chi connectivity index (χ3n) is 2.38. The summed E-state index contributed by atoms with van der Waals surface area (Å²) in [5.41, 5.74) is -0.0776. The minimum Gasteiger partial charge on any atom is -0.382 e.